The van der Waals surface area contributed by atoms with E-state index in [2.05, 4.69) is 6.58 Å². The molecule has 0 aromatic heterocycles. The maximum Gasteiger partial charge on any atom is 0.0644 e. The first-order valence-corrected chi connectivity index (χ1v) is 2.97. The van der Waals surface area contributed by atoms with Gasteiger partial charge in [-0.05, 0) is 6.42 Å². The summed E-state index contributed by atoms with van der Waals surface area (Å²) in [6.07, 6.45) is 3.11. The van der Waals surface area contributed by atoms with Crippen LogP contribution in [0.25, 0.3) is 0 Å². The molecule has 0 saturated carbocycles. The molecule has 0 rings (SSSR count). The quantitative estimate of drug-likeness (QED) is 0.412. The first-order chi connectivity index (χ1) is 4.41. The number of nitrogens with zero attached hydrogens (tertiary/aromatic N) is 1. The third-order valence-corrected chi connectivity index (χ3v) is 0.813. The lowest BCUT2D eigenvalue weighted by Crippen LogP contribution is -1.92. The molecular weight excluding hydrogens is 114 g/mol. The Morgan fingerprint density at radius 3 is 3.00 bits per heavy atom. The van der Waals surface area contributed by atoms with Gasteiger partial charge in [0.15, 0.2) is 0 Å². The van der Waals surface area contributed by atoms with E-state index in [1.54, 1.807) is 6.08 Å². The molecule has 0 aromatic carbocycles. The van der Waals surface area contributed by atoms with Crippen molar-refractivity contribution in [2.75, 3.05) is 13.2 Å². The van der Waals surface area contributed by atoms with E-state index >= 15 is 0 Å². The summed E-state index contributed by atoms with van der Waals surface area (Å²) in [5.74, 6) is 0. The smallest absolute Gasteiger partial charge is 0.0644 e. The molecule has 0 fully saturated rings. The molecule has 2 heteroatoms. The van der Waals surface area contributed by atoms with Gasteiger partial charge in [0.2, 0.25) is 0 Å². The highest BCUT2D eigenvalue weighted by molar-refractivity contribution is 4.68. The van der Waals surface area contributed by atoms with Crippen molar-refractivity contribution in [1.82, 2.24) is 0 Å². The molecular formula is C7H11NO. The van der Waals surface area contributed by atoms with Crippen molar-refractivity contribution < 1.29 is 4.74 Å². The standard InChI is InChI=1S/C7H11NO/c1-2-6-9-7-4-3-5-8/h2H,1,3-4,6-7H2. The molecule has 0 amide bonds. The van der Waals surface area contributed by atoms with Crippen molar-refractivity contribution in [3.63, 3.8) is 0 Å². The van der Waals surface area contributed by atoms with Gasteiger partial charge >= 0.3 is 0 Å². The van der Waals surface area contributed by atoms with Crippen molar-refractivity contribution in [2.24, 2.45) is 0 Å². The number of nitriles is 1. The molecule has 0 aliphatic rings. The molecule has 50 valence electrons. The second-order valence-electron chi connectivity index (χ2n) is 1.63. The van der Waals surface area contributed by atoms with Crippen molar-refractivity contribution in [3.8, 4) is 6.07 Å². The highest BCUT2D eigenvalue weighted by atomic mass is 16.5. The zero-order valence-electron chi connectivity index (χ0n) is 5.47. The molecule has 9 heavy (non-hydrogen) atoms. The van der Waals surface area contributed by atoms with Gasteiger partial charge in [0.25, 0.3) is 0 Å². The summed E-state index contributed by atoms with van der Waals surface area (Å²) in [6, 6.07) is 2.04. The number of unbranched alkanes of at least 4 members (excludes halogenated alkanes) is 1. The Bertz CT molecular complexity index is 104. The van der Waals surface area contributed by atoms with Crippen LogP contribution in [0.4, 0.5) is 0 Å². The van der Waals surface area contributed by atoms with Crippen molar-refractivity contribution in [3.05, 3.63) is 12.7 Å². The first-order valence-electron chi connectivity index (χ1n) is 2.97. The van der Waals surface area contributed by atoms with Gasteiger partial charge in [-0.25, -0.2) is 0 Å². The minimum absolute atomic E-state index is 0.580. The predicted octanol–water partition coefficient (Wildman–Crippen LogP) is 1.49. The van der Waals surface area contributed by atoms with Gasteiger partial charge in [-0.2, -0.15) is 5.26 Å². The number of rotatable bonds is 5. The molecule has 0 aliphatic carbocycles. The van der Waals surface area contributed by atoms with Crippen LogP contribution in [-0.2, 0) is 4.74 Å². The maximum atomic E-state index is 8.10. The van der Waals surface area contributed by atoms with E-state index in [0.717, 1.165) is 6.42 Å². The lowest BCUT2D eigenvalue weighted by Gasteiger charge is -1.94. The normalized spacial score (nSPS) is 8.33. The second kappa shape index (κ2) is 7.19. The van der Waals surface area contributed by atoms with Gasteiger partial charge < -0.3 is 4.74 Å². The van der Waals surface area contributed by atoms with E-state index in [4.69, 9.17) is 10.00 Å². The molecule has 0 aromatic rings. The highest BCUT2D eigenvalue weighted by Crippen LogP contribution is 1.86. The van der Waals surface area contributed by atoms with E-state index in [1.165, 1.54) is 0 Å². The van der Waals surface area contributed by atoms with Gasteiger partial charge in [-0.3, -0.25) is 0 Å². The van der Waals surface area contributed by atoms with Crippen LogP contribution in [0.15, 0.2) is 12.7 Å². The molecule has 0 N–H and O–H groups in total. The fraction of sp³-hybridized carbons (Fsp3) is 0.571. The van der Waals surface area contributed by atoms with Crippen LogP contribution in [0.3, 0.4) is 0 Å². The zero-order chi connectivity index (χ0) is 6.95. The molecule has 0 heterocycles. The van der Waals surface area contributed by atoms with Crippen molar-refractivity contribution in [1.29, 1.82) is 5.26 Å². The van der Waals surface area contributed by atoms with Gasteiger partial charge in [-0.1, -0.05) is 6.08 Å². The molecule has 0 bridgehead atoms. The van der Waals surface area contributed by atoms with Crippen LogP contribution in [0.1, 0.15) is 12.8 Å². The summed E-state index contributed by atoms with van der Waals surface area (Å²) in [5, 5.41) is 8.10. The minimum atomic E-state index is 0.580. The average Bonchev–Trinajstić information content (AvgIpc) is 1.89. The highest BCUT2D eigenvalue weighted by Gasteiger charge is 1.83. The summed E-state index contributed by atoms with van der Waals surface area (Å²) in [7, 11) is 0. The van der Waals surface area contributed by atoms with Crippen molar-refractivity contribution >= 4 is 0 Å². The third kappa shape index (κ3) is 7.19. The van der Waals surface area contributed by atoms with E-state index in [-0.39, 0.29) is 0 Å². The van der Waals surface area contributed by atoms with E-state index in [1.807, 2.05) is 6.07 Å². The Morgan fingerprint density at radius 1 is 1.67 bits per heavy atom. The summed E-state index contributed by atoms with van der Waals surface area (Å²) >= 11 is 0. The molecule has 0 saturated heterocycles. The first kappa shape index (κ1) is 8.19. The Labute approximate surface area is 55.7 Å². The fourth-order valence-corrected chi connectivity index (χ4v) is 0.420. The Kier molecular flexibility index (Phi) is 6.54. The third-order valence-electron chi connectivity index (χ3n) is 0.813. The van der Waals surface area contributed by atoms with E-state index < -0.39 is 0 Å². The minimum Gasteiger partial charge on any atom is -0.377 e. The molecule has 0 atom stereocenters. The van der Waals surface area contributed by atoms with Gasteiger partial charge in [0.1, 0.15) is 0 Å². The van der Waals surface area contributed by atoms with Crippen LogP contribution >= 0.6 is 0 Å². The van der Waals surface area contributed by atoms with E-state index in [0.29, 0.717) is 19.6 Å². The fourth-order valence-electron chi connectivity index (χ4n) is 0.420. The molecule has 2 nitrogen and oxygen atoms in total. The SMILES string of the molecule is C=CCOCCCC#N. The Hall–Kier alpha value is -0.810. The Morgan fingerprint density at radius 2 is 2.44 bits per heavy atom. The maximum absolute atomic E-state index is 8.10. The summed E-state index contributed by atoms with van der Waals surface area (Å²) in [4.78, 5) is 0. The van der Waals surface area contributed by atoms with Crippen LogP contribution in [0.5, 0.6) is 0 Å². The largest absolute Gasteiger partial charge is 0.377 e. The van der Waals surface area contributed by atoms with Gasteiger partial charge in [0.05, 0.1) is 12.7 Å². The summed E-state index contributed by atoms with van der Waals surface area (Å²) in [6.45, 7) is 4.74. The van der Waals surface area contributed by atoms with E-state index in [9.17, 15) is 0 Å². The summed E-state index contributed by atoms with van der Waals surface area (Å²) < 4.78 is 5.02. The molecule has 0 spiro atoms. The number of hydrogen-bond donors (Lipinski definition) is 0. The van der Waals surface area contributed by atoms with Crippen LogP contribution in [-0.4, -0.2) is 13.2 Å². The molecule has 0 aliphatic heterocycles. The van der Waals surface area contributed by atoms with Crippen molar-refractivity contribution in [2.45, 2.75) is 12.8 Å². The summed E-state index contributed by atoms with van der Waals surface area (Å²) in [5.41, 5.74) is 0. The van der Waals surface area contributed by atoms with Crippen LogP contribution < -0.4 is 0 Å². The lowest BCUT2D eigenvalue weighted by atomic mass is 10.3. The Balaban J connectivity index is 2.76. The number of hydrogen-bond acceptors (Lipinski definition) is 2. The monoisotopic (exact) mass is 125 g/mol. The zero-order valence-corrected chi connectivity index (χ0v) is 5.47. The van der Waals surface area contributed by atoms with Gasteiger partial charge in [-0.15, -0.1) is 6.58 Å². The molecule has 0 unspecified atom stereocenters. The number of ether oxygens (including phenoxy) is 1. The van der Waals surface area contributed by atoms with Crippen LogP contribution in [0, 0.1) is 11.3 Å². The average molecular weight is 125 g/mol. The molecule has 0 radical (unpaired) electrons. The van der Waals surface area contributed by atoms with Gasteiger partial charge in [0, 0.05) is 13.0 Å². The topological polar surface area (TPSA) is 33.0 Å². The second-order valence-corrected chi connectivity index (χ2v) is 1.63. The lowest BCUT2D eigenvalue weighted by molar-refractivity contribution is 0.160. The van der Waals surface area contributed by atoms with Crippen LogP contribution in [0.2, 0.25) is 0 Å². The predicted molar refractivity (Wildman–Crippen MR) is 35.9 cm³/mol.